The van der Waals surface area contributed by atoms with Crippen molar-refractivity contribution >= 4 is 64.7 Å². The molecule has 3 N–H and O–H groups in total. The van der Waals surface area contributed by atoms with Gasteiger partial charge in [0.05, 0.1) is 22.3 Å². The summed E-state index contributed by atoms with van der Waals surface area (Å²) in [4.78, 5) is 125. The lowest BCUT2D eigenvalue weighted by Gasteiger charge is -2.37. The van der Waals surface area contributed by atoms with Crippen molar-refractivity contribution in [3.63, 3.8) is 0 Å². The number of fused-ring (bicyclic) bond motifs is 2. The van der Waals surface area contributed by atoms with Gasteiger partial charge in [0.15, 0.2) is 0 Å². The topological polar surface area (TPSA) is 222 Å². The maximum absolute atomic E-state index is 13.2. The van der Waals surface area contributed by atoms with Crippen molar-refractivity contribution in [1.82, 2.24) is 40.4 Å². The molecule has 0 aliphatic carbocycles. The van der Waals surface area contributed by atoms with Crippen LogP contribution in [0.4, 0.5) is 16.2 Å². The molecule has 2 atom stereocenters. The molecule has 6 saturated heterocycles. The van der Waals surface area contributed by atoms with E-state index in [9.17, 15) is 43.2 Å². The number of nitrogens with one attached hydrogen (secondary N) is 3. The van der Waals surface area contributed by atoms with Crippen molar-refractivity contribution < 1.29 is 47.9 Å². The fraction of sp³-hybridized carbons (Fsp3) is 0.518. The highest BCUT2D eigenvalue weighted by atomic mass is 16.6. The number of likely N-dealkylation sites (tertiary alicyclic amines) is 1. The molecule has 3 aromatic carbocycles. The number of amides is 9. The Morgan fingerprint density at radius 2 is 0.947 bits per heavy atom. The third-order valence-corrected chi connectivity index (χ3v) is 16.6. The zero-order chi connectivity index (χ0) is 52.9. The van der Waals surface area contributed by atoms with Crippen LogP contribution in [0.5, 0.6) is 0 Å². The second-order valence-corrected chi connectivity index (χ2v) is 21.3. The van der Waals surface area contributed by atoms with E-state index >= 15 is 0 Å². The number of ether oxygens (including phenoxy) is 1. The normalized spacial score (nSPS) is 23.1. The molecule has 6 fully saturated rings. The molecule has 8 heterocycles. The van der Waals surface area contributed by atoms with Gasteiger partial charge in [-0.15, -0.1) is 0 Å². The fourth-order valence-electron chi connectivity index (χ4n) is 11.9. The maximum atomic E-state index is 13.2. The highest BCUT2D eigenvalue weighted by molar-refractivity contribution is 6.24. The van der Waals surface area contributed by atoms with E-state index in [-0.39, 0.29) is 43.6 Å². The number of carbonyl (C=O) groups is 9. The van der Waals surface area contributed by atoms with Crippen LogP contribution in [-0.4, -0.2) is 182 Å². The first-order valence-corrected chi connectivity index (χ1v) is 27.2. The Labute approximate surface area is 442 Å². The number of rotatable bonds is 12. The van der Waals surface area contributed by atoms with E-state index in [1.54, 1.807) is 24.3 Å². The van der Waals surface area contributed by atoms with Crippen LogP contribution in [0.3, 0.4) is 0 Å². The highest BCUT2D eigenvalue weighted by Crippen LogP contribution is 2.33. The molecule has 8 aliphatic heterocycles. The van der Waals surface area contributed by atoms with E-state index in [1.165, 1.54) is 19.3 Å². The smallest absolute Gasteiger partial charge is 0.410 e. The van der Waals surface area contributed by atoms with E-state index in [2.05, 4.69) is 35.6 Å². The van der Waals surface area contributed by atoms with Crippen LogP contribution in [0.15, 0.2) is 66.7 Å². The third-order valence-electron chi connectivity index (χ3n) is 16.6. The number of piperazine rings is 2. The van der Waals surface area contributed by atoms with Gasteiger partial charge in [0.25, 0.3) is 23.6 Å². The number of piperidine rings is 4. The molecule has 9 amide bonds. The molecule has 0 radical (unpaired) electrons. The van der Waals surface area contributed by atoms with Gasteiger partial charge < -0.3 is 24.8 Å². The SMILES string of the molecule is O=C1CCC(N2C(=O)c3ccc(N4CCN(CCC5CCN(C(=O)OCc6ccccc6)CC5)CC4)cc3C2=O)C(=O)N1.O=C1CCC(N2C(=O)c3ccc(N4CCN(CCC5CCNCC5)CC4)cc3C2=O)C(=O)N1. The Hall–Kier alpha value is -7.03. The summed E-state index contributed by atoms with van der Waals surface area (Å²) >= 11 is 0. The highest BCUT2D eigenvalue weighted by Gasteiger charge is 2.46. The predicted molar refractivity (Wildman–Crippen MR) is 279 cm³/mol. The van der Waals surface area contributed by atoms with Crippen LogP contribution >= 0.6 is 0 Å². The number of nitrogens with zero attached hydrogens (tertiary/aromatic N) is 7. The number of imide groups is 4. The largest absolute Gasteiger partial charge is 0.445 e. The maximum Gasteiger partial charge on any atom is 0.410 e. The zero-order valence-electron chi connectivity index (χ0n) is 43.1. The van der Waals surface area contributed by atoms with Crippen LogP contribution in [0.25, 0.3) is 0 Å². The summed E-state index contributed by atoms with van der Waals surface area (Å²) in [6.45, 7) is 13.3. The molecule has 0 bridgehead atoms. The Morgan fingerprint density at radius 1 is 0.500 bits per heavy atom. The summed E-state index contributed by atoms with van der Waals surface area (Å²) in [5, 5.41) is 7.89. The Kier molecular flexibility index (Phi) is 16.2. The molecular formula is C56H68N10O10. The van der Waals surface area contributed by atoms with Crippen molar-refractivity contribution in [1.29, 1.82) is 0 Å². The van der Waals surface area contributed by atoms with Crippen LogP contribution in [0, 0.1) is 11.8 Å². The molecule has 11 rings (SSSR count). The first-order chi connectivity index (χ1) is 36.9. The van der Waals surface area contributed by atoms with Crippen molar-refractivity contribution in [2.24, 2.45) is 11.8 Å². The summed E-state index contributed by atoms with van der Waals surface area (Å²) in [7, 11) is 0. The summed E-state index contributed by atoms with van der Waals surface area (Å²) in [6.07, 6.45) is 7.17. The van der Waals surface area contributed by atoms with Crippen molar-refractivity contribution in [3.8, 4) is 0 Å². The molecule has 3 aromatic rings. The van der Waals surface area contributed by atoms with Gasteiger partial charge in [-0.3, -0.25) is 68.6 Å². The van der Waals surface area contributed by atoms with Gasteiger partial charge in [0, 0.05) is 89.7 Å². The average Bonchev–Trinajstić information content (AvgIpc) is 3.86. The molecule has 0 spiro atoms. The predicted octanol–water partition coefficient (Wildman–Crippen LogP) is 3.25. The minimum Gasteiger partial charge on any atom is -0.445 e. The molecule has 8 aliphatic rings. The molecule has 0 aromatic heterocycles. The monoisotopic (exact) mass is 1040 g/mol. The number of hydrogen-bond donors (Lipinski definition) is 3. The number of hydrogen-bond acceptors (Lipinski definition) is 15. The second-order valence-electron chi connectivity index (χ2n) is 21.3. The summed E-state index contributed by atoms with van der Waals surface area (Å²) in [5.74, 6) is -2.40. The summed E-state index contributed by atoms with van der Waals surface area (Å²) in [6, 6.07) is 18.5. The fourth-order valence-corrected chi connectivity index (χ4v) is 11.9. The van der Waals surface area contributed by atoms with Crippen LogP contribution in [0.1, 0.15) is 111 Å². The van der Waals surface area contributed by atoms with Crippen LogP contribution < -0.4 is 25.8 Å². The quantitative estimate of drug-likeness (QED) is 0.222. The standard InChI is InChI=1S/C32H37N5O6.C24H31N5O4/c38-28-9-8-27(29(39)33-28)37-30(40)25-7-6-24(20-26(25)31(37)41)35-18-16-34(17-19-35)13-10-22-11-14-36(15-12-22)32(42)43-21-23-4-2-1-3-5-23;30-21-4-3-20(22(31)26-21)29-23(32)18-2-1-17(15-19(18)24(29)33)28-13-11-27(12-14-28)10-7-16-5-8-25-9-6-16/h1-7,20,22,27H,8-19,21H2,(H,33,38,39);1-2,15-16,20,25H,3-14H2,(H,26,30,31). The first-order valence-electron chi connectivity index (χ1n) is 27.2. The number of anilines is 2. The van der Waals surface area contributed by atoms with Gasteiger partial charge in [-0.05, 0) is 131 Å². The van der Waals surface area contributed by atoms with Gasteiger partial charge >= 0.3 is 6.09 Å². The van der Waals surface area contributed by atoms with Crippen molar-refractivity contribution in [3.05, 3.63) is 94.5 Å². The first kappa shape index (κ1) is 52.4. The van der Waals surface area contributed by atoms with Crippen LogP contribution in [0.2, 0.25) is 0 Å². The average molecular weight is 1040 g/mol. The lowest BCUT2D eigenvalue weighted by Crippen LogP contribution is -2.54. The van der Waals surface area contributed by atoms with E-state index in [4.69, 9.17) is 4.74 Å². The lowest BCUT2D eigenvalue weighted by molar-refractivity contribution is -0.137. The van der Waals surface area contributed by atoms with Crippen molar-refractivity contribution in [2.45, 2.75) is 82.9 Å². The van der Waals surface area contributed by atoms with Gasteiger partial charge in [-0.2, -0.15) is 0 Å². The molecule has 20 nitrogen and oxygen atoms in total. The van der Waals surface area contributed by atoms with E-state index < -0.39 is 47.5 Å². The lowest BCUT2D eigenvalue weighted by atomic mass is 9.93. The van der Waals surface area contributed by atoms with E-state index in [0.717, 1.165) is 144 Å². The van der Waals surface area contributed by atoms with Gasteiger partial charge in [0.1, 0.15) is 18.7 Å². The zero-order valence-corrected chi connectivity index (χ0v) is 43.1. The van der Waals surface area contributed by atoms with E-state index in [0.29, 0.717) is 34.8 Å². The molecule has 2 unspecified atom stereocenters. The van der Waals surface area contributed by atoms with Crippen LogP contribution in [-0.2, 0) is 30.5 Å². The summed E-state index contributed by atoms with van der Waals surface area (Å²) in [5.41, 5.74) is 4.08. The van der Waals surface area contributed by atoms with Gasteiger partial charge in [0.2, 0.25) is 23.6 Å². The molecular weight excluding hydrogens is 973 g/mol. The molecule has 76 heavy (non-hydrogen) atoms. The van der Waals surface area contributed by atoms with Crippen molar-refractivity contribution in [2.75, 3.05) is 101 Å². The van der Waals surface area contributed by atoms with Gasteiger partial charge in [-0.25, -0.2) is 4.79 Å². The number of carbonyl (C=O) groups excluding carboxylic acids is 9. The van der Waals surface area contributed by atoms with Gasteiger partial charge in [-0.1, -0.05) is 30.3 Å². The Bertz CT molecular complexity index is 2730. The third kappa shape index (κ3) is 11.7. The minimum absolute atomic E-state index is 0.0996. The molecule has 20 heteroatoms. The molecule has 402 valence electrons. The Morgan fingerprint density at radius 3 is 1.41 bits per heavy atom. The minimum atomic E-state index is -0.960. The van der Waals surface area contributed by atoms with E-state index in [1.807, 2.05) is 47.4 Å². The second kappa shape index (κ2) is 23.5. The molecule has 0 saturated carbocycles. The number of benzene rings is 3. The Balaban J connectivity index is 0.000000179. The summed E-state index contributed by atoms with van der Waals surface area (Å²) < 4.78 is 5.49.